The number of aliphatic carboxylic acids is 4. The van der Waals surface area contributed by atoms with Gasteiger partial charge in [0.2, 0.25) is 59.1 Å². The predicted octanol–water partition coefficient (Wildman–Crippen LogP) is -3.46. The van der Waals surface area contributed by atoms with Gasteiger partial charge in [0.15, 0.2) is 0 Å². The molecule has 1 heterocycles. The fourth-order valence-electron chi connectivity index (χ4n) is 10.9. The van der Waals surface area contributed by atoms with Crippen LogP contribution in [0, 0.1) is 17.8 Å². The van der Waals surface area contributed by atoms with Gasteiger partial charge >= 0.3 is 23.9 Å². The van der Waals surface area contributed by atoms with E-state index in [1.807, 2.05) is 20.8 Å². The number of carboxylic acids is 4. The molecule has 36 nitrogen and oxygen atoms in total. The van der Waals surface area contributed by atoms with Crippen LogP contribution in [0.3, 0.4) is 0 Å². The molecule has 0 bridgehead atoms. The monoisotopic (exact) mass is 1420 g/mol. The molecule has 36 heteroatoms. The van der Waals surface area contributed by atoms with Crippen molar-refractivity contribution in [2.75, 3.05) is 47.4 Å². The number of hydrogen-bond acceptors (Lipinski definition) is 21. The average Bonchev–Trinajstić information content (AvgIpc) is 1.31. The summed E-state index contributed by atoms with van der Waals surface area (Å²) in [5.74, 6) is -19.4. The van der Waals surface area contributed by atoms with Crippen LogP contribution in [0.2, 0.25) is 0 Å². The van der Waals surface area contributed by atoms with Crippen LogP contribution in [-0.4, -0.2) is 265 Å². The Labute approximate surface area is 580 Å². The number of nitrogens with zero attached hydrogens (tertiary/aromatic N) is 3. The third kappa shape index (κ3) is 31.4. The molecular weight excluding hydrogens is 1320 g/mol. The van der Waals surface area contributed by atoms with Crippen LogP contribution in [0.1, 0.15) is 158 Å². The second-order valence-electron chi connectivity index (χ2n) is 25.3. The molecule has 100 heavy (non-hydrogen) atoms. The smallest absolute Gasteiger partial charge is 0.328 e. The second kappa shape index (κ2) is 45.6. The van der Waals surface area contributed by atoms with Crippen molar-refractivity contribution < 1.29 is 117 Å². The number of aliphatic hydroxyl groups is 3. The predicted molar refractivity (Wildman–Crippen MR) is 353 cm³/mol. The molecule has 0 fully saturated rings. The third-order valence-corrected chi connectivity index (χ3v) is 16.3. The van der Waals surface area contributed by atoms with E-state index in [0.717, 1.165) is 12.2 Å². The van der Waals surface area contributed by atoms with Gasteiger partial charge in [-0.25, -0.2) is 4.79 Å². The Morgan fingerprint density at radius 2 is 0.950 bits per heavy atom. The lowest BCUT2D eigenvalue weighted by Crippen LogP contribution is -2.61. The molecular formula is C64H104N12O24. The second-order valence-corrected chi connectivity index (χ2v) is 25.3. The number of aliphatic hydroxyl groups excluding tert-OH is 3. The first kappa shape index (κ1) is 89.0. The maximum Gasteiger partial charge on any atom is 0.328 e. The fraction of sp³-hybridized carbons (Fsp3) is 0.703. The number of imide groups is 1. The SMILES string of the molecule is CCCC(=O)N[C@@H](CCC(=O)O)C(=O)N[C@@H](CNC(=O)[C@H](CO)N1C(=O)C=CC1=O)C(=O)N[C@@H](CCC(=O)O)C(=O)NC[C@H](NC(=O)[C@H](CCC(=O)O)NC(=O)C(CC)NC(=O)CC[C@H](CCCO)CC(=O)C[C@@H](O)[C@H](CCC)N(C)C(=O)C(NC(=O)[C@H](C(C)C)N(C)C)C(C)C)C(=O)O. The largest absolute Gasteiger partial charge is 0.481 e. The molecule has 0 aliphatic carbocycles. The summed E-state index contributed by atoms with van der Waals surface area (Å²) in [4.78, 5) is 226. The molecule has 0 aromatic heterocycles. The van der Waals surface area contributed by atoms with E-state index in [9.17, 15) is 117 Å². The molecule has 0 aromatic rings. The average molecular weight is 1430 g/mol. The summed E-state index contributed by atoms with van der Waals surface area (Å²) in [6.45, 7) is 8.80. The van der Waals surface area contributed by atoms with Crippen LogP contribution >= 0.6 is 0 Å². The highest BCUT2D eigenvalue weighted by Crippen LogP contribution is 2.23. The summed E-state index contributed by atoms with van der Waals surface area (Å²) in [5, 5.41) is 90.6. The highest BCUT2D eigenvalue weighted by atomic mass is 16.4. The zero-order valence-corrected chi connectivity index (χ0v) is 58.5. The molecule has 0 spiro atoms. The third-order valence-electron chi connectivity index (χ3n) is 16.3. The lowest BCUT2D eigenvalue weighted by Gasteiger charge is -2.36. The Morgan fingerprint density at radius 1 is 0.490 bits per heavy atom. The van der Waals surface area contributed by atoms with Gasteiger partial charge in [0.05, 0.1) is 24.8 Å². The Hall–Kier alpha value is -9.03. The van der Waals surface area contributed by atoms with Crippen molar-refractivity contribution in [2.45, 2.75) is 224 Å². The fourth-order valence-corrected chi connectivity index (χ4v) is 10.9. The summed E-state index contributed by atoms with van der Waals surface area (Å²) in [6, 6.07) is -15.2. The normalized spacial score (nSPS) is 15.6. The highest BCUT2D eigenvalue weighted by molar-refractivity contribution is 6.15. The van der Waals surface area contributed by atoms with Crippen LogP contribution in [0.5, 0.6) is 0 Å². The summed E-state index contributed by atoms with van der Waals surface area (Å²) in [5.41, 5.74) is 0. The van der Waals surface area contributed by atoms with Crippen molar-refractivity contribution in [3.8, 4) is 0 Å². The van der Waals surface area contributed by atoms with E-state index in [0.29, 0.717) is 17.7 Å². The number of Topliss-reactive ketones (excluding diaryl/α,β-unsaturated/α-hetero) is 1. The van der Waals surface area contributed by atoms with E-state index >= 15 is 0 Å². The van der Waals surface area contributed by atoms with Gasteiger partial charge in [0.25, 0.3) is 11.8 Å². The molecule has 0 aromatic carbocycles. The zero-order chi connectivity index (χ0) is 76.3. The van der Waals surface area contributed by atoms with Crippen molar-refractivity contribution in [1.29, 1.82) is 0 Å². The summed E-state index contributed by atoms with van der Waals surface area (Å²) < 4.78 is 0. The molecule has 0 radical (unpaired) electrons. The first-order valence-corrected chi connectivity index (χ1v) is 33.3. The van der Waals surface area contributed by atoms with Gasteiger partial charge in [0, 0.05) is 83.8 Å². The Kier molecular flexibility index (Phi) is 40.6. The van der Waals surface area contributed by atoms with Crippen molar-refractivity contribution in [1.82, 2.24) is 62.6 Å². The minimum Gasteiger partial charge on any atom is -0.481 e. The standard InChI is InChI=1S/C64H104N12O24/c1-11-15-44(75(10)63(98)54(34(4)5)73-62(97)55(35(6)7)74(8)9)46(80)30-37(79)29-36(17-14-28-77)18-22-48(82)67-38(13-3)57(92)70-41(21-27-53(89)90)59(94)72-43(64(99)100)32-65-56(91)39(19-25-51(85)86)69-60(95)42(31-66-61(96)45(33-78)76-49(83)23-24-50(76)84)71-58(93)40(20-26-52(87)88)68-47(81)16-12-2/h23-24,34-36,38-46,54-55,77-78,80H,11-22,25-33H2,1-10H3,(H,65,91)(H,66,96)(H,67,82)(H,68,81)(H,69,95)(H,70,92)(H,71,93)(H,72,94)(H,73,97)(H,85,86)(H,87,88)(H,89,90)(H,99,100)/t36-,38?,39-,40-,41-,42-,43-,44-,45-,46+,54?,55-/m0/s1. The Balaban J connectivity index is 3.38. The minimum atomic E-state index is -2.12. The van der Waals surface area contributed by atoms with Crippen LogP contribution in [0.15, 0.2) is 12.2 Å². The van der Waals surface area contributed by atoms with Gasteiger partial charge < -0.3 is 88.5 Å². The summed E-state index contributed by atoms with van der Waals surface area (Å²) in [6.07, 6.45) is -3.46. The van der Waals surface area contributed by atoms with Crippen molar-refractivity contribution in [2.24, 2.45) is 17.8 Å². The van der Waals surface area contributed by atoms with Gasteiger partial charge in [-0.1, -0.05) is 54.9 Å². The van der Waals surface area contributed by atoms with Crippen LogP contribution in [0.4, 0.5) is 0 Å². The topological polar surface area (TPSA) is 550 Å². The molecule has 1 aliphatic rings. The quantitative estimate of drug-likeness (QED) is 0.0263. The highest BCUT2D eigenvalue weighted by Gasteiger charge is 2.40. The lowest BCUT2D eigenvalue weighted by atomic mass is 9.89. The lowest BCUT2D eigenvalue weighted by molar-refractivity contribution is -0.147. The van der Waals surface area contributed by atoms with E-state index in [4.69, 9.17) is 0 Å². The van der Waals surface area contributed by atoms with Gasteiger partial charge in [-0.15, -0.1) is 0 Å². The van der Waals surface area contributed by atoms with E-state index in [1.54, 1.807) is 39.8 Å². The number of hydrogen-bond donors (Lipinski definition) is 16. The van der Waals surface area contributed by atoms with Crippen molar-refractivity contribution in [3.05, 3.63) is 12.2 Å². The molecule has 1 rings (SSSR count). The van der Waals surface area contributed by atoms with E-state index in [2.05, 4.69) is 47.9 Å². The molecule has 0 saturated carbocycles. The van der Waals surface area contributed by atoms with Gasteiger partial charge in [-0.05, 0) is 89.6 Å². The molecule has 12 amide bonds. The van der Waals surface area contributed by atoms with Gasteiger partial charge in [-0.2, -0.15) is 0 Å². The van der Waals surface area contributed by atoms with Gasteiger partial charge in [0.1, 0.15) is 54.1 Å². The maximum absolute atomic E-state index is 14.1. The van der Waals surface area contributed by atoms with E-state index < -0.39 is 225 Å². The van der Waals surface area contributed by atoms with Crippen LogP contribution in [-0.2, 0) is 81.5 Å². The number of carbonyl (C=O) groups is 17. The molecule has 12 atom stereocenters. The summed E-state index contributed by atoms with van der Waals surface area (Å²) in [7, 11) is 5.01. The number of carboxylic acid groups (broad SMARTS) is 4. The maximum atomic E-state index is 14.1. The molecule has 16 N–H and O–H groups in total. The molecule has 0 saturated heterocycles. The Morgan fingerprint density at radius 3 is 1.41 bits per heavy atom. The number of rotatable bonds is 51. The summed E-state index contributed by atoms with van der Waals surface area (Å²) >= 11 is 0. The number of nitrogens with one attached hydrogen (secondary N) is 9. The number of amides is 12. The van der Waals surface area contributed by atoms with E-state index in [-0.39, 0.29) is 82.1 Å². The van der Waals surface area contributed by atoms with Crippen LogP contribution in [0.25, 0.3) is 0 Å². The first-order chi connectivity index (χ1) is 46.9. The van der Waals surface area contributed by atoms with Crippen molar-refractivity contribution in [3.63, 3.8) is 0 Å². The molecule has 2 unspecified atom stereocenters. The number of carbonyl (C=O) groups excluding carboxylic acids is 13. The molecule has 1 aliphatic heterocycles. The Bertz CT molecular complexity index is 2860. The number of ketones is 1. The van der Waals surface area contributed by atoms with E-state index in [1.165, 1.54) is 18.9 Å². The van der Waals surface area contributed by atoms with Crippen molar-refractivity contribution >= 4 is 101 Å². The molecule has 564 valence electrons. The van der Waals surface area contributed by atoms with Crippen LogP contribution < -0.4 is 47.9 Å². The first-order valence-electron chi connectivity index (χ1n) is 33.3. The number of likely N-dealkylation sites (N-methyl/N-ethyl adjacent to an activating group) is 2. The minimum absolute atomic E-state index is 0.0448. The van der Waals surface area contributed by atoms with Gasteiger partial charge in [-0.3, -0.25) is 86.5 Å². The zero-order valence-electron chi connectivity index (χ0n) is 58.5.